The molecule has 0 amide bonds. The van der Waals surface area contributed by atoms with Crippen LogP contribution in [0.25, 0.3) is 22.4 Å². The second-order valence-electron chi connectivity index (χ2n) is 6.66. The molecule has 148 valence electrons. The van der Waals surface area contributed by atoms with Crippen molar-refractivity contribution in [2.24, 2.45) is 7.05 Å². The van der Waals surface area contributed by atoms with Crippen LogP contribution >= 0.6 is 0 Å². The first kappa shape index (κ1) is 19.1. The molecule has 0 atom stereocenters. The molecule has 0 unspecified atom stereocenters. The zero-order valence-corrected chi connectivity index (χ0v) is 16.4. The SMILES string of the molecule is COc1ccc(-c2ncc3c(=O)n(Cc4ccccc4C#N)c(=O)n(C)c3n2)cc1. The van der Waals surface area contributed by atoms with E-state index in [9.17, 15) is 14.9 Å². The maximum absolute atomic E-state index is 13.0. The van der Waals surface area contributed by atoms with Crippen LogP contribution in [0.2, 0.25) is 0 Å². The molecule has 2 aromatic heterocycles. The summed E-state index contributed by atoms with van der Waals surface area (Å²) in [6, 6.07) is 16.1. The second kappa shape index (κ2) is 7.64. The van der Waals surface area contributed by atoms with Crippen LogP contribution in [0, 0.1) is 11.3 Å². The van der Waals surface area contributed by atoms with E-state index in [1.807, 2.05) is 0 Å². The Morgan fingerprint density at radius 1 is 1.10 bits per heavy atom. The van der Waals surface area contributed by atoms with Gasteiger partial charge in [-0.25, -0.2) is 14.8 Å². The van der Waals surface area contributed by atoms with Crippen LogP contribution in [0.3, 0.4) is 0 Å². The van der Waals surface area contributed by atoms with E-state index in [4.69, 9.17) is 4.74 Å². The molecule has 0 N–H and O–H groups in total. The lowest BCUT2D eigenvalue weighted by Crippen LogP contribution is -2.39. The van der Waals surface area contributed by atoms with Gasteiger partial charge in [0.05, 0.1) is 25.3 Å². The fraction of sp³-hybridized carbons (Fsp3) is 0.136. The third-order valence-electron chi connectivity index (χ3n) is 4.89. The summed E-state index contributed by atoms with van der Waals surface area (Å²) in [5.41, 5.74) is 0.974. The van der Waals surface area contributed by atoms with E-state index >= 15 is 0 Å². The van der Waals surface area contributed by atoms with Gasteiger partial charge in [0, 0.05) is 18.8 Å². The van der Waals surface area contributed by atoms with E-state index in [1.54, 1.807) is 62.7 Å². The van der Waals surface area contributed by atoms with Crippen LogP contribution in [0.15, 0.2) is 64.3 Å². The second-order valence-corrected chi connectivity index (χ2v) is 6.66. The molecule has 4 rings (SSSR count). The monoisotopic (exact) mass is 399 g/mol. The van der Waals surface area contributed by atoms with Crippen LogP contribution in [0.1, 0.15) is 11.1 Å². The molecule has 8 heteroatoms. The van der Waals surface area contributed by atoms with Gasteiger partial charge in [-0.05, 0) is 35.9 Å². The lowest BCUT2D eigenvalue weighted by atomic mass is 10.1. The molecule has 0 fully saturated rings. The largest absolute Gasteiger partial charge is 0.497 e. The lowest BCUT2D eigenvalue weighted by molar-refractivity contribution is 0.415. The van der Waals surface area contributed by atoms with Gasteiger partial charge < -0.3 is 4.74 Å². The standard InChI is InChI=1S/C22H17N5O3/c1-26-20-18(12-24-19(25-20)14-7-9-17(30-2)10-8-14)21(28)27(22(26)29)13-16-6-4-3-5-15(16)11-23/h3-10,12H,13H2,1-2H3. The van der Waals surface area contributed by atoms with Crippen molar-refractivity contribution in [3.05, 3.63) is 86.7 Å². The van der Waals surface area contributed by atoms with E-state index < -0.39 is 11.2 Å². The van der Waals surface area contributed by atoms with Gasteiger partial charge in [-0.3, -0.25) is 13.9 Å². The third-order valence-corrected chi connectivity index (χ3v) is 4.89. The molecule has 2 heterocycles. The van der Waals surface area contributed by atoms with Crippen LogP contribution in [0.4, 0.5) is 0 Å². The molecule has 0 radical (unpaired) electrons. The van der Waals surface area contributed by atoms with Crippen LogP contribution in [0.5, 0.6) is 5.75 Å². The molecule has 0 spiro atoms. The van der Waals surface area contributed by atoms with Crippen molar-refractivity contribution in [2.45, 2.75) is 6.54 Å². The molecule has 0 aliphatic heterocycles. The van der Waals surface area contributed by atoms with Crippen LogP contribution in [-0.4, -0.2) is 26.2 Å². The van der Waals surface area contributed by atoms with Gasteiger partial charge in [0.1, 0.15) is 11.1 Å². The van der Waals surface area contributed by atoms with Crippen molar-refractivity contribution in [1.29, 1.82) is 5.26 Å². The summed E-state index contributed by atoms with van der Waals surface area (Å²) in [5.74, 6) is 1.10. The Kier molecular flexibility index (Phi) is 4.86. The summed E-state index contributed by atoms with van der Waals surface area (Å²) in [6.45, 7) is -0.00852. The molecule has 0 aliphatic rings. The average Bonchev–Trinajstić information content (AvgIpc) is 2.80. The van der Waals surface area contributed by atoms with Gasteiger partial charge in [0.25, 0.3) is 5.56 Å². The Morgan fingerprint density at radius 3 is 2.53 bits per heavy atom. The molecule has 4 aromatic rings. The first-order valence-corrected chi connectivity index (χ1v) is 9.12. The molecule has 0 aliphatic carbocycles. The van der Waals surface area contributed by atoms with Crippen molar-refractivity contribution in [3.63, 3.8) is 0 Å². The Morgan fingerprint density at radius 2 is 1.83 bits per heavy atom. The smallest absolute Gasteiger partial charge is 0.332 e. The molecule has 8 nitrogen and oxygen atoms in total. The van der Waals surface area contributed by atoms with Crippen molar-refractivity contribution in [1.82, 2.24) is 19.1 Å². The van der Waals surface area contributed by atoms with Crippen molar-refractivity contribution >= 4 is 11.0 Å². The zero-order valence-electron chi connectivity index (χ0n) is 16.4. The molecular formula is C22H17N5O3. The highest BCUT2D eigenvalue weighted by atomic mass is 16.5. The predicted molar refractivity (Wildman–Crippen MR) is 111 cm³/mol. The minimum atomic E-state index is -0.514. The number of methoxy groups -OCH3 is 1. The van der Waals surface area contributed by atoms with Crippen LogP contribution < -0.4 is 16.0 Å². The zero-order chi connectivity index (χ0) is 21.3. The Hall–Kier alpha value is -4.25. The number of nitrogens with zero attached hydrogens (tertiary/aromatic N) is 5. The Labute approximate surface area is 171 Å². The van der Waals surface area contributed by atoms with Gasteiger partial charge in [-0.15, -0.1) is 0 Å². The van der Waals surface area contributed by atoms with E-state index in [2.05, 4.69) is 16.0 Å². The summed E-state index contributed by atoms with van der Waals surface area (Å²) < 4.78 is 7.57. The molecule has 30 heavy (non-hydrogen) atoms. The summed E-state index contributed by atoms with van der Waals surface area (Å²) in [7, 11) is 3.14. The quantitative estimate of drug-likeness (QED) is 0.521. The number of aryl methyl sites for hydroxylation is 1. The van der Waals surface area contributed by atoms with E-state index in [0.29, 0.717) is 22.7 Å². The highest BCUT2D eigenvalue weighted by Gasteiger charge is 2.15. The summed E-state index contributed by atoms with van der Waals surface area (Å²) in [5, 5.41) is 9.51. The number of ether oxygens (including phenoxy) is 1. The van der Waals surface area contributed by atoms with E-state index in [1.165, 1.54) is 10.8 Å². The van der Waals surface area contributed by atoms with Gasteiger partial charge in [-0.2, -0.15) is 5.26 Å². The fourth-order valence-corrected chi connectivity index (χ4v) is 3.24. The maximum Gasteiger partial charge on any atom is 0.332 e. The number of benzene rings is 2. The Balaban J connectivity index is 1.85. The highest BCUT2D eigenvalue weighted by Crippen LogP contribution is 2.20. The number of rotatable bonds is 4. The lowest BCUT2D eigenvalue weighted by Gasteiger charge is -2.11. The van der Waals surface area contributed by atoms with E-state index in [-0.39, 0.29) is 17.6 Å². The van der Waals surface area contributed by atoms with Crippen molar-refractivity contribution in [2.75, 3.05) is 7.11 Å². The van der Waals surface area contributed by atoms with Gasteiger partial charge in [-0.1, -0.05) is 18.2 Å². The van der Waals surface area contributed by atoms with Gasteiger partial charge in [0.15, 0.2) is 11.5 Å². The Bertz CT molecular complexity index is 1410. The minimum Gasteiger partial charge on any atom is -0.497 e. The minimum absolute atomic E-state index is 0.00852. The first-order valence-electron chi connectivity index (χ1n) is 9.12. The number of nitriles is 1. The number of hydrogen-bond donors (Lipinski definition) is 0. The normalized spacial score (nSPS) is 10.7. The summed E-state index contributed by atoms with van der Waals surface area (Å²) in [4.78, 5) is 34.7. The predicted octanol–water partition coefficient (Wildman–Crippen LogP) is 2.09. The topological polar surface area (TPSA) is 103 Å². The number of hydrogen-bond acceptors (Lipinski definition) is 6. The summed E-state index contributed by atoms with van der Waals surface area (Å²) in [6.07, 6.45) is 1.43. The molecule has 2 aromatic carbocycles. The molecule has 0 bridgehead atoms. The number of fused-ring (bicyclic) bond motifs is 1. The molecule has 0 saturated heterocycles. The first-order chi connectivity index (χ1) is 14.5. The highest BCUT2D eigenvalue weighted by molar-refractivity contribution is 5.75. The van der Waals surface area contributed by atoms with Crippen LogP contribution in [-0.2, 0) is 13.6 Å². The molecule has 0 saturated carbocycles. The fourth-order valence-electron chi connectivity index (χ4n) is 3.24. The van der Waals surface area contributed by atoms with E-state index in [0.717, 1.165) is 10.1 Å². The number of aromatic nitrogens is 4. The summed E-state index contributed by atoms with van der Waals surface area (Å²) >= 11 is 0. The average molecular weight is 399 g/mol. The molecular weight excluding hydrogens is 382 g/mol. The maximum atomic E-state index is 13.0. The van der Waals surface area contributed by atoms with Gasteiger partial charge >= 0.3 is 5.69 Å². The van der Waals surface area contributed by atoms with Gasteiger partial charge in [0.2, 0.25) is 0 Å². The van der Waals surface area contributed by atoms with Crippen molar-refractivity contribution < 1.29 is 4.74 Å². The third kappa shape index (κ3) is 3.22. The van der Waals surface area contributed by atoms with Crippen molar-refractivity contribution in [3.8, 4) is 23.2 Å².